The third-order valence-corrected chi connectivity index (χ3v) is 6.84. The second-order valence-electron chi connectivity index (χ2n) is 9.12. The number of benzene rings is 1. The average molecular weight is 492 g/mol. The highest BCUT2D eigenvalue weighted by atomic mass is 32.2. The molecule has 2 fully saturated rings. The lowest BCUT2D eigenvalue weighted by Crippen LogP contribution is -2.54. The van der Waals surface area contributed by atoms with Crippen molar-refractivity contribution >= 4 is 27.9 Å². The number of hydrogen-bond acceptors (Lipinski definition) is 12. The number of anilines is 3. The third kappa shape index (κ3) is 6.08. The van der Waals surface area contributed by atoms with Crippen molar-refractivity contribution in [2.24, 2.45) is 28.1 Å². The van der Waals surface area contributed by atoms with Gasteiger partial charge in [0.1, 0.15) is 0 Å². The van der Waals surface area contributed by atoms with Crippen LogP contribution in [0.1, 0.15) is 18.4 Å². The molecule has 0 bridgehead atoms. The summed E-state index contributed by atoms with van der Waals surface area (Å²) in [5.74, 6) is 1.33. The number of piperidine rings is 2. The molecule has 14 heteroatoms. The van der Waals surface area contributed by atoms with E-state index in [1.165, 1.54) is 12.1 Å². The summed E-state index contributed by atoms with van der Waals surface area (Å²) in [6.45, 7) is 2.72. The fourth-order valence-corrected chi connectivity index (χ4v) is 4.89. The molecule has 0 spiro atoms. The standard InChI is InChI=1S/C20H33N11O2S/c21-13-5-14(22)9-30(8-13)19-27-18(26-7-12-1-3-17(4-2-12)34(25,32)33)28-20(29-19)31-10-15(23)6-16(24)11-31/h1-4,13-16H,5-11,21-24H2,(H2,25,32,33)(H,26,27,28,29)/t13-,14+,15-,16+. The van der Waals surface area contributed by atoms with Crippen molar-refractivity contribution < 1.29 is 8.42 Å². The fourth-order valence-electron chi connectivity index (χ4n) is 4.38. The van der Waals surface area contributed by atoms with E-state index in [1.54, 1.807) is 12.1 Å². The molecule has 0 radical (unpaired) electrons. The molecule has 1 aromatic carbocycles. The van der Waals surface area contributed by atoms with Crippen LogP contribution in [0.2, 0.25) is 0 Å². The molecule has 2 aromatic rings. The van der Waals surface area contributed by atoms with Crippen LogP contribution in [-0.4, -0.2) is 73.7 Å². The van der Waals surface area contributed by atoms with Gasteiger partial charge in [-0.3, -0.25) is 0 Å². The third-order valence-electron chi connectivity index (χ3n) is 5.91. The topological polar surface area (TPSA) is 221 Å². The van der Waals surface area contributed by atoms with Gasteiger partial charge in [0.15, 0.2) is 0 Å². The number of hydrogen-bond donors (Lipinski definition) is 6. The Morgan fingerprint density at radius 1 is 0.794 bits per heavy atom. The normalized spacial score (nSPS) is 25.9. The molecule has 186 valence electrons. The van der Waals surface area contributed by atoms with Crippen molar-refractivity contribution in [1.82, 2.24) is 15.0 Å². The monoisotopic (exact) mass is 491 g/mol. The highest BCUT2D eigenvalue weighted by Crippen LogP contribution is 2.22. The molecule has 3 heterocycles. The Bertz CT molecular complexity index is 1030. The van der Waals surface area contributed by atoms with E-state index < -0.39 is 10.0 Å². The zero-order valence-corrected chi connectivity index (χ0v) is 19.7. The first kappa shape index (κ1) is 24.5. The summed E-state index contributed by atoms with van der Waals surface area (Å²) < 4.78 is 23.0. The smallest absolute Gasteiger partial charge is 0.238 e. The van der Waals surface area contributed by atoms with Gasteiger partial charge < -0.3 is 38.1 Å². The van der Waals surface area contributed by atoms with E-state index in [2.05, 4.69) is 15.3 Å². The Morgan fingerprint density at radius 3 is 1.65 bits per heavy atom. The summed E-state index contributed by atoms with van der Waals surface area (Å²) >= 11 is 0. The molecule has 13 nitrogen and oxygen atoms in total. The highest BCUT2D eigenvalue weighted by Gasteiger charge is 2.28. The number of nitrogens with zero attached hydrogens (tertiary/aromatic N) is 5. The Labute approximate surface area is 199 Å². The summed E-state index contributed by atoms with van der Waals surface area (Å²) in [4.78, 5) is 17.9. The lowest BCUT2D eigenvalue weighted by Gasteiger charge is -2.37. The summed E-state index contributed by atoms with van der Waals surface area (Å²) in [7, 11) is -3.75. The SMILES string of the molecule is N[C@@H]1C[C@H](N)CN(c2nc(NCc3ccc(S(N)(=O)=O)cc3)nc(N3C[C@H](N)C[C@H](N)C3)n2)C1. The van der Waals surface area contributed by atoms with E-state index >= 15 is 0 Å². The average Bonchev–Trinajstić information content (AvgIpc) is 2.76. The second-order valence-corrected chi connectivity index (χ2v) is 10.7. The minimum absolute atomic E-state index is 0.0523. The van der Waals surface area contributed by atoms with Gasteiger partial charge in [0, 0.05) is 56.9 Å². The number of sulfonamides is 1. The lowest BCUT2D eigenvalue weighted by molar-refractivity contribution is 0.441. The van der Waals surface area contributed by atoms with Crippen LogP contribution >= 0.6 is 0 Å². The molecule has 34 heavy (non-hydrogen) atoms. The van der Waals surface area contributed by atoms with Crippen molar-refractivity contribution in [3.8, 4) is 0 Å². The predicted octanol–water partition coefficient (Wildman–Crippen LogP) is -2.14. The summed E-state index contributed by atoms with van der Waals surface area (Å²) in [5, 5.41) is 8.37. The number of primary sulfonamides is 1. The van der Waals surface area contributed by atoms with E-state index in [1.807, 2.05) is 9.80 Å². The van der Waals surface area contributed by atoms with Crippen molar-refractivity contribution in [2.75, 3.05) is 41.3 Å². The first-order valence-electron chi connectivity index (χ1n) is 11.2. The molecule has 1 aromatic heterocycles. The molecule has 0 amide bonds. The molecule has 11 N–H and O–H groups in total. The molecule has 4 atom stereocenters. The molecular weight excluding hydrogens is 458 g/mol. The predicted molar refractivity (Wildman–Crippen MR) is 131 cm³/mol. The molecule has 4 rings (SSSR count). The summed E-state index contributed by atoms with van der Waals surface area (Å²) in [6.07, 6.45) is 1.48. The van der Waals surface area contributed by atoms with E-state index in [4.69, 9.17) is 33.1 Å². The van der Waals surface area contributed by atoms with Crippen LogP contribution in [0.4, 0.5) is 17.8 Å². The number of nitrogens with two attached hydrogens (primary N) is 5. The maximum Gasteiger partial charge on any atom is 0.238 e. The van der Waals surface area contributed by atoms with Crippen LogP contribution in [0, 0.1) is 0 Å². The van der Waals surface area contributed by atoms with Crippen LogP contribution in [0.15, 0.2) is 29.2 Å². The highest BCUT2D eigenvalue weighted by molar-refractivity contribution is 7.89. The number of nitrogens with one attached hydrogen (secondary N) is 1. The van der Waals surface area contributed by atoms with Crippen LogP contribution < -0.4 is 43.2 Å². The van der Waals surface area contributed by atoms with Crippen molar-refractivity contribution in [2.45, 2.75) is 48.4 Å². The molecular formula is C20H33N11O2S. The Balaban J connectivity index is 1.59. The Kier molecular flexibility index (Phi) is 7.16. The van der Waals surface area contributed by atoms with Gasteiger partial charge >= 0.3 is 0 Å². The number of rotatable bonds is 6. The van der Waals surface area contributed by atoms with E-state index in [-0.39, 0.29) is 29.1 Å². The molecule has 0 unspecified atom stereocenters. The molecule has 2 aliphatic rings. The van der Waals surface area contributed by atoms with Crippen molar-refractivity contribution in [3.05, 3.63) is 29.8 Å². The zero-order valence-electron chi connectivity index (χ0n) is 18.9. The van der Waals surface area contributed by atoms with E-state index in [9.17, 15) is 8.42 Å². The minimum Gasteiger partial charge on any atom is -0.350 e. The molecule has 0 saturated carbocycles. The molecule has 2 aliphatic heterocycles. The lowest BCUT2D eigenvalue weighted by atomic mass is 10.0. The van der Waals surface area contributed by atoms with E-state index in [0.717, 1.165) is 18.4 Å². The maximum absolute atomic E-state index is 11.5. The van der Waals surface area contributed by atoms with Crippen LogP contribution in [0.3, 0.4) is 0 Å². The van der Waals surface area contributed by atoms with Gasteiger partial charge in [-0.25, -0.2) is 13.6 Å². The summed E-state index contributed by atoms with van der Waals surface area (Å²) in [6, 6.07) is 5.99. The van der Waals surface area contributed by atoms with Gasteiger partial charge in [-0.1, -0.05) is 12.1 Å². The van der Waals surface area contributed by atoms with Crippen molar-refractivity contribution in [1.29, 1.82) is 0 Å². The Morgan fingerprint density at radius 2 is 1.24 bits per heavy atom. The van der Waals surface area contributed by atoms with Crippen LogP contribution in [0.25, 0.3) is 0 Å². The van der Waals surface area contributed by atoms with Gasteiger partial charge in [-0.05, 0) is 30.5 Å². The molecule has 2 saturated heterocycles. The van der Waals surface area contributed by atoms with Gasteiger partial charge in [0.05, 0.1) is 4.90 Å². The largest absolute Gasteiger partial charge is 0.350 e. The Hall–Kier alpha value is -2.62. The van der Waals surface area contributed by atoms with Gasteiger partial charge in [0.2, 0.25) is 27.9 Å². The van der Waals surface area contributed by atoms with Crippen LogP contribution in [0.5, 0.6) is 0 Å². The van der Waals surface area contributed by atoms with E-state index in [0.29, 0.717) is 50.6 Å². The van der Waals surface area contributed by atoms with Crippen LogP contribution in [-0.2, 0) is 16.6 Å². The first-order valence-corrected chi connectivity index (χ1v) is 12.8. The first-order chi connectivity index (χ1) is 16.1. The van der Waals surface area contributed by atoms with Crippen molar-refractivity contribution in [3.63, 3.8) is 0 Å². The summed E-state index contributed by atoms with van der Waals surface area (Å²) in [5.41, 5.74) is 25.6. The van der Waals surface area contributed by atoms with Gasteiger partial charge in [-0.2, -0.15) is 15.0 Å². The number of aromatic nitrogens is 3. The second kappa shape index (κ2) is 9.93. The zero-order chi connectivity index (χ0) is 24.5. The molecule has 0 aliphatic carbocycles. The van der Waals surface area contributed by atoms with Gasteiger partial charge in [0.25, 0.3) is 0 Å². The maximum atomic E-state index is 11.5. The fraction of sp³-hybridized carbons (Fsp3) is 0.550. The minimum atomic E-state index is -3.75. The van der Waals surface area contributed by atoms with Gasteiger partial charge in [-0.15, -0.1) is 0 Å². The quantitative estimate of drug-likeness (QED) is 0.255.